The Morgan fingerprint density at radius 2 is 2.08 bits per heavy atom. The third-order valence-electron chi connectivity index (χ3n) is 1.73. The van der Waals surface area contributed by atoms with Crippen LogP contribution in [-0.2, 0) is 12.8 Å². The molecular formula is C9H10F3N. The second-order valence-corrected chi connectivity index (χ2v) is 2.75. The summed E-state index contributed by atoms with van der Waals surface area (Å²) in [6, 6.07) is 3.33. The van der Waals surface area contributed by atoms with Gasteiger partial charge in [-0.05, 0) is 18.1 Å². The molecule has 72 valence electrons. The highest BCUT2D eigenvalue weighted by molar-refractivity contribution is 5.20. The third-order valence-corrected chi connectivity index (χ3v) is 1.73. The van der Waals surface area contributed by atoms with E-state index in [0.717, 1.165) is 0 Å². The summed E-state index contributed by atoms with van der Waals surface area (Å²) in [5.41, 5.74) is 0.803. The zero-order chi connectivity index (χ0) is 9.90. The predicted octanol–water partition coefficient (Wildman–Crippen LogP) is 2.75. The van der Waals surface area contributed by atoms with E-state index in [1.807, 2.05) is 6.92 Å². The summed E-state index contributed by atoms with van der Waals surface area (Å²) < 4.78 is 36.1. The minimum atomic E-state index is -4.17. The van der Waals surface area contributed by atoms with E-state index in [1.54, 1.807) is 12.1 Å². The molecule has 0 saturated heterocycles. The molecule has 1 aromatic heterocycles. The fourth-order valence-corrected chi connectivity index (χ4v) is 1.14. The smallest absolute Gasteiger partial charge is 0.261 e. The van der Waals surface area contributed by atoms with Crippen LogP contribution in [0.4, 0.5) is 13.2 Å². The third kappa shape index (κ3) is 3.05. The van der Waals surface area contributed by atoms with E-state index >= 15 is 0 Å². The summed E-state index contributed by atoms with van der Waals surface area (Å²) in [5, 5.41) is 0. The molecule has 0 aromatic carbocycles. The van der Waals surface area contributed by atoms with Crippen LogP contribution in [0.1, 0.15) is 18.2 Å². The lowest BCUT2D eigenvalue weighted by atomic mass is 10.1. The first-order valence-corrected chi connectivity index (χ1v) is 4.02. The second-order valence-electron chi connectivity index (χ2n) is 2.75. The van der Waals surface area contributed by atoms with Crippen LogP contribution in [0.3, 0.4) is 0 Å². The van der Waals surface area contributed by atoms with Gasteiger partial charge in [0.1, 0.15) is 0 Å². The van der Waals surface area contributed by atoms with Crippen LogP contribution in [0.15, 0.2) is 18.3 Å². The molecule has 0 saturated carbocycles. The van der Waals surface area contributed by atoms with Gasteiger partial charge in [0, 0.05) is 6.20 Å². The van der Waals surface area contributed by atoms with Crippen molar-refractivity contribution < 1.29 is 13.2 Å². The summed E-state index contributed by atoms with van der Waals surface area (Å²) >= 11 is 0. The topological polar surface area (TPSA) is 12.9 Å². The Morgan fingerprint density at radius 3 is 2.62 bits per heavy atom. The fraction of sp³-hybridized carbons (Fsp3) is 0.444. The molecule has 4 heteroatoms. The number of hydrogen-bond acceptors (Lipinski definition) is 1. The molecule has 0 aliphatic rings. The monoisotopic (exact) mass is 189 g/mol. The molecule has 0 radical (unpaired) electrons. The lowest BCUT2D eigenvalue weighted by molar-refractivity contribution is -0.127. The van der Waals surface area contributed by atoms with E-state index in [-0.39, 0.29) is 5.69 Å². The maximum Gasteiger partial charge on any atom is 0.394 e. The molecule has 0 bridgehead atoms. The van der Waals surface area contributed by atoms with E-state index in [0.29, 0.717) is 12.0 Å². The van der Waals surface area contributed by atoms with Gasteiger partial charge in [0.25, 0.3) is 0 Å². The van der Waals surface area contributed by atoms with Crippen LogP contribution >= 0.6 is 0 Å². The number of hydrogen-bond donors (Lipinski definition) is 0. The first-order valence-electron chi connectivity index (χ1n) is 4.02. The summed E-state index contributed by atoms with van der Waals surface area (Å²) in [6.45, 7) is 1.82. The molecule has 0 fully saturated rings. The standard InChI is InChI=1S/C9H10F3N/c1-2-7-4-3-5-13-8(7)6-9(10,11)12/h3-5H,2,6H2,1H3. The second kappa shape index (κ2) is 3.77. The van der Waals surface area contributed by atoms with Crippen molar-refractivity contribution in [1.82, 2.24) is 4.98 Å². The highest BCUT2D eigenvalue weighted by Crippen LogP contribution is 2.21. The van der Waals surface area contributed by atoms with E-state index in [9.17, 15) is 13.2 Å². The van der Waals surface area contributed by atoms with E-state index in [1.165, 1.54) is 6.20 Å². The van der Waals surface area contributed by atoms with Crippen molar-refractivity contribution in [2.75, 3.05) is 0 Å². The van der Waals surface area contributed by atoms with Crippen molar-refractivity contribution >= 4 is 0 Å². The zero-order valence-electron chi connectivity index (χ0n) is 7.23. The molecule has 0 spiro atoms. The quantitative estimate of drug-likeness (QED) is 0.697. The SMILES string of the molecule is CCc1cccnc1CC(F)(F)F. The Hall–Kier alpha value is -1.06. The van der Waals surface area contributed by atoms with Crippen LogP contribution in [-0.4, -0.2) is 11.2 Å². The fourth-order valence-electron chi connectivity index (χ4n) is 1.14. The molecule has 1 rings (SSSR count). The van der Waals surface area contributed by atoms with Crippen molar-refractivity contribution in [2.45, 2.75) is 25.9 Å². The number of nitrogens with zero attached hydrogens (tertiary/aromatic N) is 1. The lowest BCUT2D eigenvalue weighted by Gasteiger charge is -2.08. The predicted molar refractivity (Wildman–Crippen MR) is 43.4 cm³/mol. The van der Waals surface area contributed by atoms with Crippen molar-refractivity contribution in [3.8, 4) is 0 Å². The largest absolute Gasteiger partial charge is 0.394 e. The summed E-state index contributed by atoms with van der Waals surface area (Å²) in [5.74, 6) is 0. The number of aromatic nitrogens is 1. The van der Waals surface area contributed by atoms with Gasteiger partial charge in [0.05, 0.1) is 12.1 Å². The van der Waals surface area contributed by atoms with Crippen LogP contribution in [0.25, 0.3) is 0 Å². The molecule has 13 heavy (non-hydrogen) atoms. The van der Waals surface area contributed by atoms with Gasteiger partial charge in [-0.3, -0.25) is 4.98 Å². The van der Waals surface area contributed by atoms with Gasteiger partial charge in [-0.25, -0.2) is 0 Å². The average Bonchev–Trinajstić information content (AvgIpc) is 2.02. The maximum atomic E-state index is 12.0. The number of halogens is 3. The Kier molecular flexibility index (Phi) is 2.90. The van der Waals surface area contributed by atoms with E-state index < -0.39 is 12.6 Å². The normalized spacial score (nSPS) is 11.7. The van der Waals surface area contributed by atoms with Gasteiger partial charge in [0.2, 0.25) is 0 Å². The van der Waals surface area contributed by atoms with Crippen molar-refractivity contribution in [3.63, 3.8) is 0 Å². The van der Waals surface area contributed by atoms with Gasteiger partial charge in [0.15, 0.2) is 0 Å². The van der Waals surface area contributed by atoms with E-state index in [2.05, 4.69) is 4.98 Å². The molecule has 1 nitrogen and oxygen atoms in total. The molecule has 0 unspecified atom stereocenters. The van der Waals surface area contributed by atoms with Crippen LogP contribution in [0.2, 0.25) is 0 Å². The highest BCUT2D eigenvalue weighted by Gasteiger charge is 2.29. The number of aryl methyl sites for hydroxylation is 1. The minimum Gasteiger partial charge on any atom is -0.261 e. The van der Waals surface area contributed by atoms with Gasteiger partial charge < -0.3 is 0 Å². The number of pyridine rings is 1. The molecule has 0 atom stereocenters. The summed E-state index contributed by atoms with van der Waals surface area (Å²) in [6.07, 6.45) is -3.13. The molecule has 0 N–H and O–H groups in total. The number of alkyl halides is 3. The highest BCUT2D eigenvalue weighted by atomic mass is 19.4. The first kappa shape index (κ1) is 10.0. The van der Waals surface area contributed by atoms with Crippen molar-refractivity contribution in [3.05, 3.63) is 29.6 Å². The van der Waals surface area contributed by atoms with E-state index in [4.69, 9.17) is 0 Å². The molecule has 0 aliphatic carbocycles. The van der Waals surface area contributed by atoms with Crippen molar-refractivity contribution in [2.24, 2.45) is 0 Å². The summed E-state index contributed by atoms with van der Waals surface area (Å²) in [7, 11) is 0. The Bertz CT molecular complexity index is 280. The van der Waals surface area contributed by atoms with Crippen LogP contribution in [0.5, 0.6) is 0 Å². The average molecular weight is 189 g/mol. The van der Waals surface area contributed by atoms with Gasteiger partial charge >= 0.3 is 6.18 Å². The lowest BCUT2D eigenvalue weighted by Crippen LogP contribution is -2.14. The number of rotatable bonds is 2. The Labute approximate surface area is 74.6 Å². The molecule has 0 amide bonds. The Balaban J connectivity index is 2.87. The zero-order valence-corrected chi connectivity index (χ0v) is 7.23. The van der Waals surface area contributed by atoms with Gasteiger partial charge in [-0.2, -0.15) is 13.2 Å². The van der Waals surface area contributed by atoms with Gasteiger partial charge in [-0.15, -0.1) is 0 Å². The van der Waals surface area contributed by atoms with Crippen LogP contribution in [0, 0.1) is 0 Å². The maximum absolute atomic E-state index is 12.0. The summed E-state index contributed by atoms with van der Waals surface area (Å²) in [4.78, 5) is 3.71. The minimum absolute atomic E-state index is 0.137. The molecular weight excluding hydrogens is 179 g/mol. The van der Waals surface area contributed by atoms with Crippen LogP contribution < -0.4 is 0 Å². The molecule has 1 aromatic rings. The first-order chi connectivity index (χ1) is 6.03. The van der Waals surface area contributed by atoms with Gasteiger partial charge in [-0.1, -0.05) is 13.0 Å². The van der Waals surface area contributed by atoms with Crippen molar-refractivity contribution in [1.29, 1.82) is 0 Å². The Morgan fingerprint density at radius 1 is 1.38 bits per heavy atom. The molecule has 0 aliphatic heterocycles. The molecule has 1 heterocycles.